The Labute approximate surface area is 560 Å². The minimum absolute atomic E-state index is 0.00427. The van der Waals surface area contributed by atoms with Crippen LogP contribution in [-0.2, 0) is 61.8 Å². The van der Waals surface area contributed by atoms with Gasteiger partial charge in [-0.25, -0.2) is 0 Å². The molecule has 0 aliphatic heterocycles. The standard InChI is InChI=1S/C71H29F30N3/c72-62(73,74)41-11-36(12-42(25-41)63(75,76)77)32-1-5-51-52-6-2-33(37-13-43(64(78,79)80)26-44(14-37)65(81,82)83)22-56(52)103(55(51)21-32)59-9-31(30-102)10-60(61(59)40-19-49(70(96,97)98)29-50(20-40)71(99,100)101)104-57-23-34(38-15-45(66(84,85)86)27-46(16-38)67(87,88)89)3-7-53(57)54-8-4-35(24-58(54)104)39-17-47(68(90,91)92)28-48(18-39)69(93,94)95/h1-29H. The van der Waals surface area contributed by atoms with Crippen molar-refractivity contribution in [2.75, 3.05) is 0 Å². The highest BCUT2D eigenvalue weighted by molar-refractivity contribution is 6.14. The number of hydrogen-bond acceptors (Lipinski definition) is 1. The molecular weight excluding hydrogens is 1460 g/mol. The van der Waals surface area contributed by atoms with Crippen LogP contribution in [0.2, 0.25) is 0 Å². The Morgan fingerprint density at radius 1 is 0.202 bits per heavy atom. The van der Waals surface area contributed by atoms with Crippen molar-refractivity contribution in [1.82, 2.24) is 9.13 Å². The van der Waals surface area contributed by atoms with Gasteiger partial charge in [0.25, 0.3) is 0 Å². The van der Waals surface area contributed by atoms with Gasteiger partial charge in [0.1, 0.15) is 0 Å². The fourth-order valence-electron chi connectivity index (χ4n) is 12.2. The third-order valence-electron chi connectivity index (χ3n) is 16.8. The molecule has 2 heterocycles. The summed E-state index contributed by atoms with van der Waals surface area (Å²) >= 11 is 0. The molecule has 12 rings (SSSR count). The second kappa shape index (κ2) is 24.1. The van der Waals surface area contributed by atoms with Crippen molar-refractivity contribution in [3.05, 3.63) is 237 Å². The molecule has 0 spiro atoms. The van der Waals surface area contributed by atoms with Gasteiger partial charge in [-0.3, -0.25) is 0 Å². The topological polar surface area (TPSA) is 33.6 Å². The highest BCUT2D eigenvalue weighted by atomic mass is 19.4. The van der Waals surface area contributed by atoms with E-state index in [2.05, 4.69) is 0 Å². The first kappa shape index (κ1) is 73.0. The summed E-state index contributed by atoms with van der Waals surface area (Å²) in [6.45, 7) is 0. The van der Waals surface area contributed by atoms with Crippen LogP contribution in [0.3, 0.4) is 0 Å². The van der Waals surface area contributed by atoms with E-state index in [1.807, 2.05) is 0 Å². The van der Waals surface area contributed by atoms with E-state index in [9.17, 15) is 111 Å². The number of nitriles is 1. The minimum Gasteiger partial charge on any atom is -0.308 e. The van der Waals surface area contributed by atoms with Gasteiger partial charge < -0.3 is 9.13 Å². The smallest absolute Gasteiger partial charge is 0.308 e. The minimum atomic E-state index is -5.86. The highest BCUT2D eigenvalue weighted by Gasteiger charge is 2.43. The van der Waals surface area contributed by atoms with E-state index < -0.39 is 218 Å². The van der Waals surface area contributed by atoms with Crippen molar-refractivity contribution in [2.24, 2.45) is 0 Å². The molecule has 12 aromatic rings. The fourth-order valence-corrected chi connectivity index (χ4v) is 12.2. The van der Waals surface area contributed by atoms with Crippen LogP contribution in [0.1, 0.15) is 61.2 Å². The number of rotatable bonds is 7. The SMILES string of the molecule is N#Cc1cc(-n2c3cc(-c4cc(C(F)(F)F)cc(C(F)(F)F)c4)ccc3c3ccc(-c4cc(C(F)(F)F)cc(C(F)(F)F)c4)cc32)c(-c2cc(C(F)(F)F)cc(C(F)(F)F)c2)c(-n2c3cc(-c4cc(C(F)(F)F)cc(C(F)(F)F)c4)ccc3c3ccc(-c4cc(C(F)(F)F)cc(C(F)(F)F)c4)cc32)c1. The monoisotopic (exact) mass is 1490 g/mol. The quantitative estimate of drug-likeness (QED) is 0.146. The second-order valence-corrected chi connectivity index (χ2v) is 23.6. The van der Waals surface area contributed by atoms with E-state index in [-0.39, 0.29) is 106 Å². The van der Waals surface area contributed by atoms with Crippen LogP contribution >= 0.6 is 0 Å². The molecule has 0 bridgehead atoms. The molecular formula is C71H29F30N3. The zero-order valence-electron chi connectivity index (χ0n) is 50.4. The second-order valence-electron chi connectivity index (χ2n) is 23.6. The molecule has 104 heavy (non-hydrogen) atoms. The van der Waals surface area contributed by atoms with Crippen LogP contribution in [0.4, 0.5) is 132 Å². The van der Waals surface area contributed by atoms with E-state index in [1.54, 1.807) is 6.07 Å². The van der Waals surface area contributed by atoms with Crippen LogP contribution in [0, 0.1) is 11.3 Å². The van der Waals surface area contributed by atoms with Gasteiger partial charge in [-0.05, 0) is 177 Å². The first-order valence-electron chi connectivity index (χ1n) is 29.0. The average molecular weight is 1490 g/mol. The third-order valence-corrected chi connectivity index (χ3v) is 16.8. The lowest BCUT2D eigenvalue weighted by Crippen LogP contribution is -2.12. The molecule has 0 N–H and O–H groups in total. The molecule has 0 radical (unpaired) electrons. The van der Waals surface area contributed by atoms with E-state index >= 15 is 26.3 Å². The van der Waals surface area contributed by atoms with Gasteiger partial charge >= 0.3 is 61.8 Å². The molecule has 538 valence electrons. The summed E-state index contributed by atoms with van der Waals surface area (Å²) in [6, 6.07) is 13.0. The number of hydrogen-bond donors (Lipinski definition) is 0. The number of halogens is 30. The molecule has 0 fully saturated rings. The number of alkyl halides is 30. The first-order valence-corrected chi connectivity index (χ1v) is 29.0. The number of aromatic nitrogens is 2. The lowest BCUT2D eigenvalue weighted by atomic mass is 9.94. The summed E-state index contributed by atoms with van der Waals surface area (Å²) in [7, 11) is 0. The Morgan fingerprint density at radius 3 is 0.538 bits per heavy atom. The van der Waals surface area contributed by atoms with E-state index in [4.69, 9.17) is 0 Å². The zero-order valence-corrected chi connectivity index (χ0v) is 50.4. The molecule has 0 amide bonds. The number of benzene rings is 10. The van der Waals surface area contributed by atoms with Gasteiger partial charge in [0.05, 0.1) is 101 Å². The Bertz CT molecular complexity index is 4810. The average Bonchev–Trinajstić information content (AvgIpc) is 1.56. The summed E-state index contributed by atoms with van der Waals surface area (Å²) < 4.78 is 443. The largest absolute Gasteiger partial charge is 0.416 e. The molecule has 33 heteroatoms. The van der Waals surface area contributed by atoms with Crippen molar-refractivity contribution in [3.63, 3.8) is 0 Å². The number of nitrogens with zero attached hydrogens (tertiary/aromatic N) is 3. The van der Waals surface area contributed by atoms with Gasteiger partial charge in [0, 0.05) is 27.1 Å². The van der Waals surface area contributed by atoms with Gasteiger partial charge in [-0.1, -0.05) is 48.5 Å². The molecule has 0 unspecified atom stereocenters. The predicted octanol–water partition coefficient (Wildman–Crippen LogP) is 26.3. The Kier molecular flexibility index (Phi) is 16.9. The van der Waals surface area contributed by atoms with Crippen molar-refractivity contribution in [1.29, 1.82) is 5.26 Å². The van der Waals surface area contributed by atoms with Crippen LogP contribution in [0.15, 0.2) is 176 Å². The molecule has 2 aromatic heterocycles. The van der Waals surface area contributed by atoms with Crippen LogP contribution in [0.5, 0.6) is 0 Å². The Morgan fingerprint density at radius 2 is 0.375 bits per heavy atom. The van der Waals surface area contributed by atoms with E-state index in [0.29, 0.717) is 21.3 Å². The fraction of sp³-hybridized carbons (Fsp3) is 0.141. The van der Waals surface area contributed by atoms with Gasteiger partial charge in [-0.2, -0.15) is 137 Å². The Balaban J connectivity index is 1.32. The summed E-state index contributed by atoms with van der Waals surface area (Å²) in [6.07, 6.45) is -56.3. The van der Waals surface area contributed by atoms with E-state index in [0.717, 1.165) is 72.8 Å². The summed E-state index contributed by atoms with van der Waals surface area (Å²) in [5, 5.41) is 9.76. The summed E-state index contributed by atoms with van der Waals surface area (Å²) in [5.74, 6) is 0. The summed E-state index contributed by atoms with van der Waals surface area (Å²) in [4.78, 5) is 0. The molecule has 10 aromatic carbocycles. The maximum Gasteiger partial charge on any atom is 0.416 e. The van der Waals surface area contributed by atoms with E-state index in [1.165, 1.54) is 0 Å². The lowest BCUT2D eigenvalue weighted by molar-refractivity contribution is -0.144. The van der Waals surface area contributed by atoms with Gasteiger partial charge in [-0.15, -0.1) is 0 Å². The van der Waals surface area contributed by atoms with Crippen LogP contribution < -0.4 is 0 Å². The van der Waals surface area contributed by atoms with Crippen LogP contribution in [0.25, 0.3) is 111 Å². The predicted molar refractivity (Wildman–Crippen MR) is 317 cm³/mol. The maximum atomic E-state index is 15.4. The zero-order chi connectivity index (χ0) is 76.3. The molecule has 0 atom stereocenters. The molecule has 0 aliphatic carbocycles. The first-order chi connectivity index (χ1) is 47.7. The molecule has 0 saturated carbocycles. The highest BCUT2D eigenvalue weighted by Crippen LogP contribution is 2.51. The molecule has 0 saturated heterocycles. The van der Waals surface area contributed by atoms with Gasteiger partial charge in [0.15, 0.2) is 0 Å². The normalized spacial score (nSPS) is 13.5. The molecule has 0 aliphatic rings. The lowest BCUT2D eigenvalue weighted by Gasteiger charge is -2.23. The number of fused-ring (bicyclic) bond motifs is 6. The van der Waals surface area contributed by atoms with Crippen molar-refractivity contribution >= 4 is 43.6 Å². The van der Waals surface area contributed by atoms with Crippen molar-refractivity contribution < 1.29 is 132 Å². The Hall–Kier alpha value is -10.8. The van der Waals surface area contributed by atoms with Gasteiger partial charge in [0.2, 0.25) is 0 Å². The summed E-state index contributed by atoms with van der Waals surface area (Å²) in [5.41, 5.74) is -34.6. The third kappa shape index (κ3) is 13.9. The van der Waals surface area contributed by atoms with Crippen LogP contribution in [-0.4, -0.2) is 9.13 Å². The molecule has 3 nitrogen and oxygen atoms in total. The van der Waals surface area contributed by atoms with Crippen molar-refractivity contribution in [3.8, 4) is 73.1 Å². The van der Waals surface area contributed by atoms with Crippen molar-refractivity contribution in [2.45, 2.75) is 61.8 Å². The maximum absolute atomic E-state index is 15.4.